The highest BCUT2D eigenvalue weighted by atomic mass is 16.6. The third-order valence-electron chi connectivity index (χ3n) is 8.75. The van der Waals surface area contributed by atoms with Crippen molar-refractivity contribution in [3.8, 4) is 0 Å². The van der Waals surface area contributed by atoms with Gasteiger partial charge in [0, 0.05) is 39.3 Å². The molecule has 0 aliphatic carbocycles. The molecule has 10 N–H and O–H groups in total. The Bertz CT molecular complexity index is 2090. The van der Waals surface area contributed by atoms with Gasteiger partial charge in [0.25, 0.3) is 11.8 Å². The molecule has 0 atom stereocenters. The Morgan fingerprint density at radius 3 is 1.50 bits per heavy atom. The van der Waals surface area contributed by atoms with Gasteiger partial charge in [-0.1, -0.05) is 12.1 Å². The number of H-pyrrole nitrogens is 2. The fourth-order valence-corrected chi connectivity index (χ4v) is 5.97. The number of nitrogens with one attached hydrogen (secondary N) is 6. The van der Waals surface area contributed by atoms with Gasteiger partial charge in [-0.25, -0.2) is 9.59 Å². The van der Waals surface area contributed by atoms with Crippen molar-refractivity contribution in [2.24, 2.45) is 0 Å². The van der Waals surface area contributed by atoms with E-state index in [0.717, 1.165) is 63.6 Å². The second kappa shape index (κ2) is 20.2. The van der Waals surface area contributed by atoms with Crippen LogP contribution in [0, 0.1) is 0 Å². The molecule has 20 heteroatoms. The fraction of sp³-hybridized carbons (Fsp3) is 0.450. The van der Waals surface area contributed by atoms with E-state index in [1.54, 1.807) is 53.7 Å². The molecule has 324 valence electrons. The van der Waals surface area contributed by atoms with Gasteiger partial charge in [-0.3, -0.25) is 40.2 Å². The van der Waals surface area contributed by atoms with E-state index in [1.807, 2.05) is 24.3 Å². The highest BCUT2D eigenvalue weighted by molar-refractivity contribution is 6.10. The molecule has 4 heterocycles. The summed E-state index contributed by atoms with van der Waals surface area (Å²) in [6, 6.07) is 11.1. The first-order chi connectivity index (χ1) is 28.4. The van der Waals surface area contributed by atoms with Crippen molar-refractivity contribution in [1.29, 1.82) is 0 Å². The van der Waals surface area contributed by atoms with Gasteiger partial charge < -0.3 is 41.0 Å². The van der Waals surface area contributed by atoms with Crippen LogP contribution in [0.5, 0.6) is 0 Å². The zero-order valence-corrected chi connectivity index (χ0v) is 34.9. The maximum Gasteiger partial charge on any atom is 0.412 e. The molecule has 6 rings (SSSR count). The highest BCUT2D eigenvalue weighted by Gasteiger charge is 2.23. The minimum atomic E-state index is -0.676. The van der Waals surface area contributed by atoms with Crippen LogP contribution in [0.3, 0.4) is 0 Å². The SMILES string of the molecule is CC(C)(C)OC(=O)Nc1cn[nH]c1C(=O)Nc1cc(CN2CCOCC2)ccc1N.CC(C)(C)OC(=O)Nc1cn[nH]c1C(=O)Nc1ccc(CN2CCOCC2)cc1N. The summed E-state index contributed by atoms with van der Waals surface area (Å²) < 4.78 is 21.2. The zero-order chi connectivity index (χ0) is 43.5. The van der Waals surface area contributed by atoms with Crippen LogP contribution in [0.1, 0.15) is 73.6 Å². The number of rotatable bonds is 10. The Labute approximate surface area is 348 Å². The molecule has 60 heavy (non-hydrogen) atoms. The van der Waals surface area contributed by atoms with Gasteiger partial charge in [0.1, 0.15) is 22.6 Å². The first kappa shape index (κ1) is 44.9. The Morgan fingerprint density at radius 1 is 0.617 bits per heavy atom. The monoisotopic (exact) mass is 832 g/mol. The van der Waals surface area contributed by atoms with Gasteiger partial charge in [0.2, 0.25) is 0 Å². The van der Waals surface area contributed by atoms with E-state index in [2.05, 4.69) is 51.5 Å². The van der Waals surface area contributed by atoms with E-state index in [4.69, 9.17) is 30.4 Å². The van der Waals surface area contributed by atoms with Crippen LogP contribution < -0.4 is 32.7 Å². The largest absolute Gasteiger partial charge is 0.444 e. The normalized spacial score (nSPS) is 14.9. The number of carbonyl (C=O) groups is 4. The Morgan fingerprint density at radius 2 is 1.05 bits per heavy atom. The number of nitrogen functional groups attached to an aromatic ring is 2. The van der Waals surface area contributed by atoms with Gasteiger partial charge >= 0.3 is 12.2 Å². The summed E-state index contributed by atoms with van der Waals surface area (Å²) in [5.74, 6) is -0.958. The predicted molar refractivity (Wildman–Crippen MR) is 227 cm³/mol. The number of aromatic amines is 2. The summed E-state index contributed by atoms with van der Waals surface area (Å²) in [6.07, 6.45) is 1.33. The Kier molecular flexibility index (Phi) is 15.1. The topological polar surface area (TPSA) is 269 Å². The number of morpholine rings is 2. The first-order valence-corrected chi connectivity index (χ1v) is 19.5. The number of amides is 4. The minimum Gasteiger partial charge on any atom is -0.444 e. The molecule has 0 spiro atoms. The summed E-state index contributed by atoms with van der Waals surface area (Å²) in [5.41, 5.74) is 15.4. The number of nitrogens with zero attached hydrogens (tertiary/aromatic N) is 4. The average Bonchev–Trinajstić information content (AvgIpc) is 3.83. The Balaban J connectivity index is 0.000000228. The molecule has 2 aromatic carbocycles. The number of carbonyl (C=O) groups excluding carboxylic acids is 4. The van der Waals surface area contributed by atoms with Crippen LogP contribution >= 0.6 is 0 Å². The third kappa shape index (κ3) is 14.0. The molecular formula is C40H56N12O8. The van der Waals surface area contributed by atoms with Gasteiger partial charge in [-0.05, 0) is 76.9 Å². The number of hydrogen-bond acceptors (Lipinski definition) is 14. The van der Waals surface area contributed by atoms with Crippen molar-refractivity contribution in [3.05, 3.63) is 71.3 Å². The summed E-state index contributed by atoms with van der Waals surface area (Å²) in [7, 11) is 0. The van der Waals surface area contributed by atoms with Crippen molar-refractivity contribution in [2.45, 2.75) is 65.8 Å². The maximum atomic E-state index is 12.8. The van der Waals surface area contributed by atoms with Gasteiger partial charge in [0.05, 0.1) is 72.9 Å². The van der Waals surface area contributed by atoms with Gasteiger partial charge in [-0.2, -0.15) is 10.2 Å². The van der Waals surface area contributed by atoms with Crippen molar-refractivity contribution >= 4 is 58.1 Å². The van der Waals surface area contributed by atoms with Crippen LogP contribution in [0.15, 0.2) is 48.8 Å². The maximum absolute atomic E-state index is 12.8. The fourth-order valence-electron chi connectivity index (χ4n) is 5.97. The molecule has 0 radical (unpaired) electrons. The minimum absolute atomic E-state index is 0.0950. The summed E-state index contributed by atoms with van der Waals surface area (Å²) in [5, 5.41) is 23.4. The molecule has 2 saturated heterocycles. The molecule has 2 aliphatic rings. The lowest BCUT2D eigenvalue weighted by molar-refractivity contribution is 0.0341. The van der Waals surface area contributed by atoms with Crippen LogP contribution in [0.25, 0.3) is 0 Å². The van der Waals surface area contributed by atoms with E-state index >= 15 is 0 Å². The summed E-state index contributed by atoms with van der Waals surface area (Å²) in [6.45, 7) is 18.4. The van der Waals surface area contributed by atoms with Crippen LogP contribution in [-0.2, 0) is 32.0 Å². The number of anilines is 6. The number of benzene rings is 2. The van der Waals surface area contributed by atoms with Crippen molar-refractivity contribution in [2.75, 3.05) is 85.3 Å². The third-order valence-corrected chi connectivity index (χ3v) is 8.75. The van der Waals surface area contributed by atoms with Gasteiger partial charge in [-0.15, -0.1) is 0 Å². The summed E-state index contributed by atoms with van der Waals surface area (Å²) in [4.78, 5) is 54.0. The van der Waals surface area contributed by atoms with Gasteiger partial charge in [0.15, 0.2) is 0 Å². The van der Waals surface area contributed by atoms with E-state index in [1.165, 1.54) is 12.4 Å². The summed E-state index contributed by atoms with van der Waals surface area (Å²) >= 11 is 0. The zero-order valence-electron chi connectivity index (χ0n) is 34.9. The van der Waals surface area contributed by atoms with Crippen LogP contribution in [0.4, 0.5) is 43.7 Å². The lowest BCUT2D eigenvalue weighted by Gasteiger charge is -2.26. The lowest BCUT2D eigenvalue weighted by Crippen LogP contribution is -2.35. The highest BCUT2D eigenvalue weighted by Crippen LogP contribution is 2.25. The quantitative estimate of drug-likeness (QED) is 0.0994. The molecule has 4 amide bonds. The van der Waals surface area contributed by atoms with E-state index in [-0.39, 0.29) is 22.8 Å². The number of aromatic nitrogens is 4. The molecular weight excluding hydrogens is 777 g/mol. The van der Waals surface area contributed by atoms with Crippen molar-refractivity contribution < 1.29 is 38.1 Å². The van der Waals surface area contributed by atoms with Crippen molar-refractivity contribution in [3.63, 3.8) is 0 Å². The molecule has 2 aromatic heterocycles. The van der Waals surface area contributed by atoms with E-state index < -0.39 is 35.2 Å². The first-order valence-electron chi connectivity index (χ1n) is 19.5. The molecule has 0 saturated carbocycles. The second-order valence-corrected chi connectivity index (χ2v) is 16.1. The van der Waals surface area contributed by atoms with E-state index in [0.29, 0.717) is 36.0 Å². The molecule has 0 unspecified atom stereocenters. The number of hydrogen-bond donors (Lipinski definition) is 8. The molecule has 4 aromatic rings. The van der Waals surface area contributed by atoms with E-state index in [9.17, 15) is 19.2 Å². The van der Waals surface area contributed by atoms with Crippen LogP contribution in [0.2, 0.25) is 0 Å². The predicted octanol–water partition coefficient (Wildman–Crippen LogP) is 4.85. The van der Waals surface area contributed by atoms with Crippen LogP contribution in [-0.4, -0.2) is 118 Å². The number of ether oxygens (including phenoxy) is 4. The second-order valence-electron chi connectivity index (χ2n) is 16.1. The smallest absolute Gasteiger partial charge is 0.412 e. The molecule has 2 fully saturated rings. The average molecular weight is 833 g/mol. The van der Waals surface area contributed by atoms with Crippen molar-refractivity contribution in [1.82, 2.24) is 30.2 Å². The molecule has 2 aliphatic heterocycles. The lowest BCUT2D eigenvalue weighted by atomic mass is 10.1. The number of nitrogens with two attached hydrogens (primary N) is 2. The Hall–Kier alpha value is -6.22. The molecule has 0 bridgehead atoms. The molecule has 20 nitrogen and oxygen atoms in total. The standard InChI is InChI=1S/2C20H28N6O4/c1-20(2,3)30-19(28)24-16-11-22-25-17(16)18(27)23-15-5-4-13(10-14(15)21)12-26-6-8-29-9-7-26;1-20(2,3)30-19(28)24-16-11-22-25-17(16)18(27)23-15-10-13(4-5-14(15)21)12-26-6-8-29-9-7-26/h2*4-5,10-11H,6-9,12,21H2,1-3H3,(H,22,25)(H,23,27)(H,24,28).